The van der Waals surface area contributed by atoms with Crippen molar-refractivity contribution < 1.29 is 19.7 Å². The van der Waals surface area contributed by atoms with Crippen molar-refractivity contribution >= 4 is 0 Å². The highest BCUT2D eigenvalue weighted by Gasteiger charge is 2.36. The fraction of sp³-hybridized carbons (Fsp3) is 1.00. The standard InChI is InChI=1S/C6H12O4/c1-5(7)3-10-6(2,8)4-9-5/h7-8H,3-4H2,1-2H3. The van der Waals surface area contributed by atoms with Gasteiger partial charge in [-0.15, -0.1) is 0 Å². The van der Waals surface area contributed by atoms with Gasteiger partial charge >= 0.3 is 0 Å². The van der Waals surface area contributed by atoms with E-state index in [-0.39, 0.29) is 13.2 Å². The summed E-state index contributed by atoms with van der Waals surface area (Å²) >= 11 is 0. The molecule has 0 aromatic rings. The second-order valence-electron chi connectivity index (χ2n) is 2.93. The average molecular weight is 148 g/mol. The zero-order valence-corrected chi connectivity index (χ0v) is 6.13. The van der Waals surface area contributed by atoms with Crippen molar-refractivity contribution in [1.82, 2.24) is 0 Å². The molecule has 1 saturated heterocycles. The molecule has 0 saturated carbocycles. The molecule has 1 rings (SSSR count). The predicted octanol–water partition coefficient (Wildman–Crippen LogP) is -0.550. The smallest absolute Gasteiger partial charge is 0.186 e. The Morgan fingerprint density at radius 3 is 1.50 bits per heavy atom. The van der Waals surface area contributed by atoms with Gasteiger partial charge in [0, 0.05) is 0 Å². The van der Waals surface area contributed by atoms with E-state index < -0.39 is 11.6 Å². The summed E-state index contributed by atoms with van der Waals surface area (Å²) in [7, 11) is 0. The number of aliphatic hydroxyl groups is 2. The highest BCUT2D eigenvalue weighted by atomic mass is 16.7. The summed E-state index contributed by atoms with van der Waals surface area (Å²) in [5, 5.41) is 18.3. The van der Waals surface area contributed by atoms with Gasteiger partial charge in [0.2, 0.25) is 0 Å². The van der Waals surface area contributed by atoms with Gasteiger partial charge in [-0.2, -0.15) is 0 Å². The van der Waals surface area contributed by atoms with Crippen LogP contribution in [0.2, 0.25) is 0 Å². The van der Waals surface area contributed by atoms with E-state index in [9.17, 15) is 0 Å². The average Bonchev–Trinajstić information content (AvgIpc) is 1.79. The number of rotatable bonds is 0. The van der Waals surface area contributed by atoms with E-state index >= 15 is 0 Å². The van der Waals surface area contributed by atoms with Crippen LogP contribution in [0.25, 0.3) is 0 Å². The van der Waals surface area contributed by atoms with Gasteiger partial charge < -0.3 is 19.7 Å². The van der Waals surface area contributed by atoms with Crippen molar-refractivity contribution in [2.75, 3.05) is 13.2 Å². The van der Waals surface area contributed by atoms with Gasteiger partial charge in [-0.25, -0.2) is 0 Å². The maximum atomic E-state index is 9.15. The summed E-state index contributed by atoms with van der Waals surface area (Å²) in [5.74, 6) is -2.50. The Hall–Kier alpha value is -0.160. The largest absolute Gasteiger partial charge is 0.364 e. The van der Waals surface area contributed by atoms with Crippen LogP contribution in [0, 0.1) is 0 Å². The maximum absolute atomic E-state index is 9.15. The van der Waals surface area contributed by atoms with Crippen molar-refractivity contribution in [2.24, 2.45) is 0 Å². The van der Waals surface area contributed by atoms with E-state index in [4.69, 9.17) is 19.7 Å². The predicted molar refractivity (Wildman–Crippen MR) is 33.2 cm³/mol. The van der Waals surface area contributed by atoms with Crippen molar-refractivity contribution in [2.45, 2.75) is 25.4 Å². The number of hydrogen-bond donors (Lipinski definition) is 2. The highest BCUT2D eigenvalue weighted by Crippen LogP contribution is 2.20. The van der Waals surface area contributed by atoms with Crippen LogP contribution < -0.4 is 0 Å². The molecule has 10 heavy (non-hydrogen) atoms. The summed E-state index contributed by atoms with van der Waals surface area (Å²) in [5.41, 5.74) is 0. The van der Waals surface area contributed by atoms with Crippen LogP contribution in [-0.4, -0.2) is 35.0 Å². The molecule has 60 valence electrons. The number of ether oxygens (including phenoxy) is 2. The van der Waals surface area contributed by atoms with Crippen LogP contribution in [-0.2, 0) is 9.47 Å². The Kier molecular flexibility index (Phi) is 1.72. The molecule has 2 N–H and O–H groups in total. The first-order valence-electron chi connectivity index (χ1n) is 3.14. The van der Waals surface area contributed by atoms with Crippen molar-refractivity contribution in [3.05, 3.63) is 0 Å². The molecule has 0 spiro atoms. The zero-order chi connectivity index (χ0) is 7.83. The van der Waals surface area contributed by atoms with Gasteiger partial charge in [0.1, 0.15) is 13.2 Å². The summed E-state index contributed by atoms with van der Waals surface area (Å²) < 4.78 is 9.72. The fourth-order valence-electron chi connectivity index (χ4n) is 0.662. The minimum Gasteiger partial charge on any atom is -0.364 e. The van der Waals surface area contributed by atoms with Crippen LogP contribution in [0.1, 0.15) is 13.8 Å². The molecule has 0 radical (unpaired) electrons. The molecule has 1 heterocycles. The molecule has 0 amide bonds. The van der Waals surface area contributed by atoms with E-state index in [1.807, 2.05) is 0 Å². The van der Waals surface area contributed by atoms with Gasteiger partial charge in [0.05, 0.1) is 0 Å². The van der Waals surface area contributed by atoms with E-state index in [0.29, 0.717) is 0 Å². The minimum absolute atomic E-state index is 0. The minimum atomic E-state index is -1.25. The van der Waals surface area contributed by atoms with Gasteiger partial charge in [-0.3, -0.25) is 0 Å². The maximum Gasteiger partial charge on any atom is 0.186 e. The van der Waals surface area contributed by atoms with Crippen LogP contribution in [0.3, 0.4) is 0 Å². The lowest BCUT2D eigenvalue weighted by Gasteiger charge is -2.36. The normalized spacial score (nSPS) is 49.2. The molecule has 4 heteroatoms. The Morgan fingerprint density at radius 2 is 1.30 bits per heavy atom. The first-order valence-corrected chi connectivity index (χ1v) is 3.14. The lowest BCUT2D eigenvalue weighted by Crippen LogP contribution is -2.50. The molecule has 0 aromatic heterocycles. The van der Waals surface area contributed by atoms with Crippen molar-refractivity contribution in [3.63, 3.8) is 0 Å². The van der Waals surface area contributed by atoms with Crippen LogP contribution in [0.4, 0.5) is 0 Å². The lowest BCUT2D eigenvalue weighted by molar-refractivity contribution is -0.353. The molecule has 1 fully saturated rings. The van der Waals surface area contributed by atoms with Gasteiger partial charge in [0.25, 0.3) is 0 Å². The molecular formula is C6H12O4. The topological polar surface area (TPSA) is 58.9 Å². The SMILES string of the molecule is CC1(O)COC(C)(O)CO1. The second kappa shape index (κ2) is 2.17. The third kappa shape index (κ3) is 1.91. The molecule has 0 aliphatic carbocycles. The van der Waals surface area contributed by atoms with Gasteiger partial charge in [0.15, 0.2) is 11.6 Å². The van der Waals surface area contributed by atoms with Crippen LogP contribution in [0.5, 0.6) is 0 Å². The molecular weight excluding hydrogens is 136 g/mol. The molecule has 4 nitrogen and oxygen atoms in total. The number of hydrogen-bond acceptors (Lipinski definition) is 4. The monoisotopic (exact) mass is 148 g/mol. The Morgan fingerprint density at radius 1 is 1.00 bits per heavy atom. The third-order valence-corrected chi connectivity index (χ3v) is 1.30. The zero-order valence-electron chi connectivity index (χ0n) is 6.13. The summed E-state index contributed by atoms with van der Waals surface area (Å²) in [4.78, 5) is 0. The highest BCUT2D eigenvalue weighted by molar-refractivity contribution is 4.70. The first kappa shape index (κ1) is 7.94. The van der Waals surface area contributed by atoms with Crippen molar-refractivity contribution in [1.29, 1.82) is 0 Å². The van der Waals surface area contributed by atoms with Crippen LogP contribution in [0.15, 0.2) is 0 Å². The van der Waals surface area contributed by atoms with Crippen molar-refractivity contribution in [3.8, 4) is 0 Å². The lowest BCUT2D eigenvalue weighted by atomic mass is 10.2. The van der Waals surface area contributed by atoms with Gasteiger partial charge in [-0.05, 0) is 13.8 Å². The van der Waals surface area contributed by atoms with E-state index in [2.05, 4.69) is 0 Å². The quantitative estimate of drug-likeness (QED) is 0.484. The molecule has 1 aliphatic rings. The summed E-state index contributed by atoms with van der Waals surface area (Å²) in [6, 6.07) is 0. The molecule has 2 atom stereocenters. The van der Waals surface area contributed by atoms with Crippen LogP contribution >= 0.6 is 0 Å². The third-order valence-electron chi connectivity index (χ3n) is 1.30. The molecule has 0 aromatic carbocycles. The van der Waals surface area contributed by atoms with E-state index in [1.54, 1.807) is 0 Å². The summed E-state index contributed by atoms with van der Waals surface area (Å²) in [6.45, 7) is 2.98. The molecule has 2 unspecified atom stereocenters. The Balaban J connectivity index is 2.46. The molecule has 1 aliphatic heterocycles. The second-order valence-corrected chi connectivity index (χ2v) is 2.93. The fourth-order valence-corrected chi connectivity index (χ4v) is 0.662. The van der Waals surface area contributed by atoms with E-state index in [0.717, 1.165) is 0 Å². The Labute approximate surface area is 59.4 Å². The molecule has 0 bridgehead atoms. The Bertz CT molecular complexity index is 102. The van der Waals surface area contributed by atoms with E-state index in [1.165, 1.54) is 13.8 Å². The van der Waals surface area contributed by atoms with Gasteiger partial charge in [-0.1, -0.05) is 0 Å². The first-order chi connectivity index (χ1) is 4.41. The summed E-state index contributed by atoms with van der Waals surface area (Å²) in [6.07, 6.45) is 0.